The Morgan fingerprint density at radius 2 is 1.03 bits per heavy atom. The second kappa shape index (κ2) is 15.3. The van der Waals surface area contributed by atoms with E-state index in [9.17, 15) is 9.59 Å². The Hall–Kier alpha value is -2.70. The Morgan fingerprint density at radius 1 is 0.647 bits per heavy atom. The lowest BCUT2D eigenvalue weighted by Crippen LogP contribution is -2.26. The molecule has 0 fully saturated rings. The average molecular weight is 471 g/mol. The fraction of sp³-hybridized carbons (Fsp3) is 0.500. The van der Waals surface area contributed by atoms with Crippen LogP contribution in [0.25, 0.3) is 0 Å². The third-order valence-electron chi connectivity index (χ3n) is 5.50. The SMILES string of the molecule is CCCCCc1ccc(C(=O)OOC(OOC(=O)c2ccc(CCCCC)cc2)C(C)C)cc1. The Bertz CT molecular complexity index is 788. The van der Waals surface area contributed by atoms with Gasteiger partial charge in [0.2, 0.25) is 6.29 Å². The van der Waals surface area contributed by atoms with E-state index in [1.54, 1.807) is 38.1 Å². The van der Waals surface area contributed by atoms with Crippen molar-refractivity contribution >= 4 is 11.9 Å². The zero-order chi connectivity index (χ0) is 24.8. The first-order valence-electron chi connectivity index (χ1n) is 12.4. The minimum absolute atomic E-state index is 0.234. The van der Waals surface area contributed by atoms with Gasteiger partial charge in [0.15, 0.2) is 0 Å². The highest BCUT2D eigenvalue weighted by molar-refractivity contribution is 5.89. The summed E-state index contributed by atoms with van der Waals surface area (Å²) in [5.41, 5.74) is 3.10. The molecule has 0 atom stereocenters. The Kier molecular flexibility index (Phi) is 12.4. The van der Waals surface area contributed by atoms with Gasteiger partial charge in [-0.25, -0.2) is 9.59 Å². The number of hydrogen-bond acceptors (Lipinski definition) is 6. The Balaban J connectivity index is 1.81. The van der Waals surface area contributed by atoms with Crippen LogP contribution in [0.4, 0.5) is 0 Å². The maximum absolute atomic E-state index is 12.3. The van der Waals surface area contributed by atoms with Gasteiger partial charge < -0.3 is 0 Å². The van der Waals surface area contributed by atoms with Crippen LogP contribution in [0.15, 0.2) is 48.5 Å². The molecule has 0 spiro atoms. The van der Waals surface area contributed by atoms with Crippen molar-refractivity contribution in [1.82, 2.24) is 0 Å². The van der Waals surface area contributed by atoms with E-state index in [4.69, 9.17) is 19.6 Å². The van der Waals surface area contributed by atoms with Gasteiger partial charge in [0.1, 0.15) is 0 Å². The van der Waals surface area contributed by atoms with E-state index >= 15 is 0 Å². The van der Waals surface area contributed by atoms with Crippen LogP contribution in [-0.2, 0) is 32.4 Å². The number of hydrogen-bond donors (Lipinski definition) is 0. The number of aryl methyl sites for hydroxylation is 2. The van der Waals surface area contributed by atoms with E-state index in [1.807, 2.05) is 24.3 Å². The Morgan fingerprint density at radius 3 is 1.35 bits per heavy atom. The molecule has 0 radical (unpaired) electrons. The van der Waals surface area contributed by atoms with Crippen molar-refractivity contribution in [2.24, 2.45) is 5.92 Å². The van der Waals surface area contributed by atoms with Crippen molar-refractivity contribution in [2.75, 3.05) is 0 Å². The largest absolute Gasteiger partial charge is 0.373 e. The molecule has 2 aromatic carbocycles. The van der Waals surface area contributed by atoms with Crippen molar-refractivity contribution in [3.8, 4) is 0 Å². The van der Waals surface area contributed by atoms with Gasteiger partial charge in [-0.1, -0.05) is 77.6 Å². The summed E-state index contributed by atoms with van der Waals surface area (Å²) in [6.07, 6.45) is 7.85. The van der Waals surface area contributed by atoms with Crippen molar-refractivity contribution < 1.29 is 29.1 Å². The van der Waals surface area contributed by atoms with Crippen LogP contribution >= 0.6 is 0 Å². The molecule has 0 aliphatic rings. The molecule has 6 nitrogen and oxygen atoms in total. The van der Waals surface area contributed by atoms with E-state index in [1.165, 1.54) is 36.8 Å². The van der Waals surface area contributed by atoms with Gasteiger partial charge in [0, 0.05) is 5.92 Å². The van der Waals surface area contributed by atoms with E-state index in [-0.39, 0.29) is 5.92 Å². The maximum Gasteiger partial charge on any atom is 0.373 e. The zero-order valence-corrected chi connectivity index (χ0v) is 20.9. The molecule has 0 bridgehead atoms. The maximum atomic E-state index is 12.3. The molecular formula is C28H38O6. The van der Waals surface area contributed by atoms with Gasteiger partial charge in [0.25, 0.3) is 0 Å². The molecule has 0 aliphatic carbocycles. The van der Waals surface area contributed by atoms with Crippen molar-refractivity contribution in [3.05, 3.63) is 70.8 Å². The van der Waals surface area contributed by atoms with Crippen LogP contribution in [0.1, 0.15) is 98.1 Å². The van der Waals surface area contributed by atoms with Crippen LogP contribution in [0.3, 0.4) is 0 Å². The predicted octanol–water partition coefficient (Wildman–Crippen LogP) is 7.01. The van der Waals surface area contributed by atoms with Crippen LogP contribution in [0, 0.1) is 5.92 Å². The topological polar surface area (TPSA) is 71.1 Å². The predicted molar refractivity (Wildman–Crippen MR) is 131 cm³/mol. The lowest BCUT2D eigenvalue weighted by atomic mass is 10.1. The number of benzene rings is 2. The van der Waals surface area contributed by atoms with Crippen molar-refractivity contribution in [1.29, 1.82) is 0 Å². The highest BCUT2D eigenvalue weighted by Gasteiger charge is 2.23. The first kappa shape index (κ1) is 27.5. The molecule has 0 saturated heterocycles. The molecule has 2 aromatic rings. The molecule has 0 amide bonds. The molecule has 34 heavy (non-hydrogen) atoms. The molecule has 0 saturated carbocycles. The van der Waals surface area contributed by atoms with Crippen LogP contribution in [-0.4, -0.2) is 18.2 Å². The summed E-state index contributed by atoms with van der Waals surface area (Å²) in [5, 5.41) is 0. The first-order valence-corrected chi connectivity index (χ1v) is 12.4. The van der Waals surface area contributed by atoms with E-state index in [2.05, 4.69) is 13.8 Å². The normalized spacial score (nSPS) is 11.1. The monoisotopic (exact) mass is 470 g/mol. The van der Waals surface area contributed by atoms with Gasteiger partial charge in [-0.15, -0.1) is 9.78 Å². The Labute approximate surface area is 203 Å². The van der Waals surface area contributed by atoms with Gasteiger partial charge in [-0.3, -0.25) is 9.78 Å². The summed E-state index contributed by atoms with van der Waals surface area (Å²) in [6, 6.07) is 14.5. The van der Waals surface area contributed by atoms with E-state index in [0.717, 1.165) is 25.7 Å². The molecule has 0 unspecified atom stereocenters. The fourth-order valence-electron chi connectivity index (χ4n) is 3.29. The van der Waals surface area contributed by atoms with E-state index < -0.39 is 18.2 Å². The molecule has 186 valence electrons. The standard InChI is InChI=1S/C28H38O6/c1-5-7-9-11-22-13-17-24(18-14-22)26(29)31-33-28(21(3)4)34-32-27(30)25-19-15-23(16-20-25)12-10-8-6-2/h13-21,28H,5-12H2,1-4H3. The third kappa shape index (κ3) is 9.65. The summed E-state index contributed by atoms with van der Waals surface area (Å²) in [5.74, 6) is -1.51. The van der Waals surface area contributed by atoms with E-state index in [0.29, 0.717) is 11.1 Å². The molecule has 0 N–H and O–H groups in total. The summed E-state index contributed by atoms with van der Waals surface area (Å²) < 4.78 is 0. The van der Waals surface area contributed by atoms with Crippen LogP contribution in [0.5, 0.6) is 0 Å². The molecule has 0 aromatic heterocycles. The molecule has 0 heterocycles. The third-order valence-corrected chi connectivity index (χ3v) is 5.50. The zero-order valence-electron chi connectivity index (χ0n) is 20.9. The number of rotatable bonds is 15. The van der Waals surface area contributed by atoms with Gasteiger partial charge in [-0.05, 0) is 61.1 Å². The van der Waals surface area contributed by atoms with Crippen LogP contribution < -0.4 is 0 Å². The number of unbranched alkanes of at least 4 members (excludes halogenated alkanes) is 4. The molecule has 6 heteroatoms. The highest BCUT2D eigenvalue weighted by atomic mass is 17.3. The molecule has 2 rings (SSSR count). The summed E-state index contributed by atoms with van der Waals surface area (Å²) in [4.78, 5) is 44.8. The number of carbonyl (C=O) groups excluding carboxylic acids is 2. The summed E-state index contributed by atoms with van der Waals surface area (Å²) in [6.45, 7) is 7.92. The number of carbonyl (C=O) groups is 2. The van der Waals surface area contributed by atoms with Crippen LogP contribution in [0.2, 0.25) is 0 Å². The minimum Gasteiger partial charge on any atom is -0.290 e. The minimum atomic E-state index is -1.06. The second-order valence-corrected chi connectivity index (χ2v) is 8.85. The summed E-state index contributed by atoms with van der Waals surface area (Å²) >= 11 is 0. The smallest absolute Gasteiger partial charge is 0.290 e. The lowest BCUT2D eigenvalue weighted by Gasteiger charge is -2.18. The second-order valence-electron chi connectivity index (χ2n) is 8.85. The van der Waals surface area contributed by atoms with Gasteiger partial charge in [0.05, 0.1) is 11.1 Å². The average Bonchev–Trinajstić information content (AvgIpc) is 2.84. The highest BCUT2D eigenvalue weighted by Crippen LogP contribution is 2.15. The first-order chi connectivity index (χ1) is 16.4. The van der Waals surface area contributed by atoms with Crippen molar-refractivity contribution in [3.63, 3.8) is 0 Å². The van der Waals surface area contributed by atoms with Crippen molar-refractivity contribution in [2.45, 2.75) is 85.4 Å². The fourth-order valence-corrected chi connectivity index (χ4v) is 3.29. The lowest BCUT2D eigenvalue weighted by molar-refractivity contribution is -0.430. The van der Waals surface area contributed by atoms with Gasteiger partial charge in [-0.2, -0.15) is 0 Å². The summed E-state index contributed by atoms with van der Waals surface area (Å²) in [7, 11) is 0. The van der Waals surface area contributed by atoms with Gasteiger partial charge >= 0.3 is 11.9 Å². The molecular weight excluding hydrogens is 432 g/mol. The quantitative estimate of drug-likeness (QED) is 0.121. The molecule has 0 aliphatic heterocycles.